The van der Waals surface area contributed by atoms with Crippen LogP contribution in [0, 0.1) is 0 Å². The molecule has 8 nitrogen and oxygen atoms in total. The molecule has 1 fully saturated rings. The van der Waals surface area contributed by atoms with Crippen molar-refractivity contribution in [3.05, 3.63) is 30.1 Å². The molecule has 1 aromatic heterocycles. The van der Waals surface area contributed by atoms with Crippen molar-refractivity contribution in [1.82, 2.24) is 25.1 Å². The lowest BCUT2D eigenvalue weighted by molar-refractivity contribution is -0.147. The first kappa shape index (κ1) is 17.9. The molecule has 3 amide bonds. The summed E-state index contributed by atoms with van der Waals surface area (Å²) < 4.78 is 0. The number of para-hydroxylation sites is 2. The summed E-state index contributed by atoms with van der Waals surface area (Å²) in [7, 11) is 1.53. The van der Waals surface area contributed by atoms with E-state index in [1.807, 2.05) is 24.3 Å². The molecule has 0 spiro atoms. The maximum absolute atomic E-state index is 12.6. The van der Waals surface area contributed by atoms with E-state index in [1.54, 1.807) is 4.90 Å². The molecule has 0 aliphatic carbocycles. The Hall–Kier alpha value is -2.90. The fraction of sp³-hybridized carbons (Fsp3) is 0.444. The standard InChI is InChI=1S/C18H23N5O3/c1-12(24)23-10-9-22(11-15(23)18(26)19-2)17(25)8-7-16-20-13-5-3-4-6-14(13)21-16/h3-6,15H,7-11H2,1-2H3,(H,19,26)(H,20,21)/t15-/m0/s1. The van der Waals surface area contributed by atoms with Crippen molar-refractivity contribution in [3.63, 3.8) is 0 Å². The zero-order valence-corrected chi connectivity index (χ0v) is 15.0. The van der Waals surface area contributed by atoms with Crippen molar-refractivity contribution in [2.45, 2.75) is 25.8 Å². The third kappa shape index (κ3) is 3.68. The molecule has 138 valence electrons. The van der Waals surface area contributed by atoms with Gasteiger partial charge in [-0.2, -0.15) is 0 Å². The number of imidazole rings is 1. The molecule has 0 unspecified atom stereocenters. The monoisotopic (exact) mass is 357 g/mol. The van der Waals surface area contributed by atoms with Crippen LogP contribution in [0.3, 0.4) is 0 Å². The molecule has 0 bridgehead atoms. The van der Waals surface area contributed by atoms with Crippen molar-refractivity contribution in [1.29, 1.82) is 0 Å². The number of piperazine rings is 1. The Bertz CT molecular complexity index is 798. The number of likely N-dealkylation sites (N-methyl/N-ethyl adjacent to an activating group) is 1. The fourth-order valence-electron chi connectivity index (χ4n) is 3.28. The van der Waals surface area contributed by atoms with Gasteiger partial charge >= 0.3 is 0 Å². The number of hydrogen-bond acceptors (Lipinski definition) is 4. The van der Waals surface area contributed by atoms with E-state index < -0.39 is 6.04 Å². The second kappa shape index (κ2) is 7.55. The summed E-state index contributed by atoms with van der Waals surface area (Å²) in [5.41, 5.74) is 1.83. The second-order valence-corrected chi connectivity index (χ2v) is 6.38. The summed E-state index contributed by atoms with van der Waals surface area (Å²) in [4.78, 5) is 47.2. The van der Waals surface area contributed by atoms with Crippen LogP contribution in [0.25, 0.3) is 11.0 Å². The second-order valence-electron chi connectivity index (χ2n) is 6.38. The molecule has 26 heavy (non-hydrogen) atoms. The number of amides is 3. The lowest BCUT2D eigenvalue weighted by Crippen LogP contribution is -2.60. The third-order valence-corrected chi connectivity index (χ3v) is 4.70. The number of benzene rings is 1. The first-order chi connectivity index (χ1) is 12.5. The predicted octanol–water partition coefficient (Wildman–Crippen LogP) is 0.301. The van der Waals surface area contributed by atoms with E-state index in [2.05, 4.69) is 15.3 Å². The first-order valence-corrected chi connectivity index (χ1v) is 8.70. The Kier molecular flexibility index (Phi) is 5.20. The highest BCUT2D eigenvalue weighted by Gasteiger charge is 2.34. The van der Waals surface area contributed by atoms with E-state index >= 15 is 0 Å². The molecule has 8 heteroatoms. The number of nitrogens with one attached hydrogen (secondary N) is 2. The molecule has 1 aromatic carbocycles. The maximum Gasteiger partial charge on any atom is 0.244 e. The lowest BCUT2D eigenvalue weighted by Gasteiger charge is -2.40. The Labute approximate surface area is 151 Å². The van der Waals surface area contributed by atoms with Crippen molar-refractivity contribution in [2.24, 2.45) is 0 Å². The molecular formula is C18H23N5O3. The van der Waals surface area contributed by atoms with Gasteiger partial charge in [-0.15, -0.1) is 0 Å². The molecule has 0 saturated carbocycles. The van der Waals surface area contributed by atoms with E-state index in [9.17, 15) is 14.4 Å². The third-order valence-electron chi connectivity index (χ3n) is 4.70. The zero-order valence-electron chi connectivity index (χ0n) is 15.0. The number of aryl methyl sites for hydroxylation is 1. The van der Waals surface area contributed by atoms with Crippen LogP contribution in [0.5, 0.6) is 0 Å². The van der Waals surface area contributed by atoms with Gasteiger partial charge in [0.15, 0.2) is 0 Å². The minimum Gasteiger partial charge on any atom is -0.357 e. The number of aromatic amines is 1. The van der Waals surface area contributed by atoms with Gasteiger partial charge in [0.1, 0.15) is 11.9 Å². The number of aromatic nitrogens is 2. The molecule has 1 saturated heterocycles. The summed E-state index contributed by atoms with van der Waals surface area (Å²) in [5, 5.41) is 2.57. The maximum atomic E-state index is 12.6. The molecule has 2 N–H and O–H groups in total. The van der Waals surface area contributed by atoms with E-state index in [0.29, 0.717) is 25.9 Å². The van der Waals surface area contributed by atoms with E-state index in [4.69, 9.17) is 0 Å². The van der Waals surface area contributed by atoms with Crippen LogP contribution in [0.4, 0.5) is 0 Å². The van der Waals surface area contributed by atoms with Crippen LogP contribution in [-0.4, -0.2) is 70.2 Å². The van der Waals surface area contributed by atoms with E-state index in [1.165, 1.54) is 18.9 Å². The minimum atomic E-state index is -0.638. The largest absolute Gasteiger partial charge is 0.357 e. The van der Waals surface area contributed by atoms with Gasteiger partial charge in [-0.05, 0) is 12.1 Å². The normalized spacial score (nSPS) is 17.4. The van der Waals surface area contributed by atoms with Gasteiger partial charge < -0.3 is 20.1 Å². The highest BCUT2D eigenvalue weighted by atomic mass is 16.2. The highest BCUT2D eigenvalue weighted by molar-refractivity contribution is 5.88. The SMILES string of the molecule is CNC(=O)[C@@H]1CN(C(=O)CCc2nc3ccccc3[nH]2)CCN1C(C)=O. The Balaban J connectivity index is 1.62. The number of rotatable bonds is 4. The Morgan fingerprint density at radius 1 is 1.27 bits per heavy atom. The highest BCUT2D eigenvalue weighted by Crippen LogP contribution is 2.14. The smallest absolute Gasteiger partial charge is 0.244 e. The van der Waals surface area contributed by atoms with Crippen LogP contribution in [0.1, 0.15) is 19.2 Å². The molecule has 1 aliphatic rings. The summed E-state index contributed by atoms with van der Waals surface area (Å²) in [6.07, 6.45) is 0.811. The average molecular weight is 357 g/mol. The summed E-state index contributed by atoms with van der Waals surface area (Å²) >= 11 is 0. The minimum absolute atomic E-state index is 0.0393. The van der Waals surface area contributed by atoms with Crippen LogP contribution in [0.15, 0.2) is 24.3 Å². The first-order valence-electron chi connectivity index (χ1n) is 8.70. The fourth-order valence-corrected chi connectivity index (χ4v) is 3.28. The molecule has 3 rings (SSSR count). The number of hydrogen-bond donors (Lipinski definition) is 2. The zero-order chi connectivity index (χ0) is 18.7. The number of H-pyrrole nitrogens is 1. The van der Waals surface area contributed by atoms with Gasteiger partial charge in [-0.1, -0.05) is 12.1 Å². The van der Waals surface area contributed by atoms with Gasteiger partial charge in [0.05, 0.1) is 17.6 Å². The molecule has 2 aromatic rings. The number of carbonyl (C=O) groups excluding carboxylic acids is 3. The summed E-state index contributed by atoms with van der Waals surface area (Å²) in [5.74, 6) is 0.315. The summed E-state index contributed by atoms with van der Waals surface area (Å²) in [6, 6.07) is 7.09. The molecule has 1 aliphatic heterocycles. The van der Waals surface area contributed by atoms with Crippen LogP contribution < -0.4 is 5.32 Å². The van der Waals surface area contributed by atoms with Gasteiger partial charge in [-0.3, -0.25) is 14.4 Å². The Morgan fingerprint density at radius 3 is 2.73 bits per heavy atom. The average Bonchev–Trinajstić information content (AvgIpc) is 3.07. The number of nitrogens with zero attached hydrogens (tertiary/aromatic N) is 3. The van der Waals surface area contributed by atoms with Crippen LogP contribution in [0.2, 0.25) is 0 Å². The lowest BCUT2D eigenvalue weighted by atomic mass is 10.1. The van der Waals surface area contributed by atoms with Crippen LogP contribution >= 0.6 is 0 Å². The van der Waals surface area contributed by atoms with Gasteiger partial charge in [0.25, 0.3) is 0 Å². The van der Waals surface area contributed by atoms with Gasteiger partial charge in [-0.25, -0.2) is 4.98 Å². The summed E-state index contributed by atoms with van der Waals surface area (Å²) in [6.45, 7) is 2.46. The Morgan fingerprint density at radius 2 is 2.04 bits per heavy atom. The quantitative estimate of drug-likeness (QED) is 0.822. The van der Waals surface area contributed by atoms with Gasteiger partial charge in [0, 0.05) is 39.9 Å². The van der Waals surface area contributed by atoms with E-state index in [0.717, 1.165) is 16.9 Å². The predicted molar refractivity (Wildman–Crippen MR) is 96.2 cm³/mol. The van der Waals surface area contributed by atoms with Crippen molar-refractivity contribution >= 4 is 28.8 Å². The van der Waals surface area contributed by atoms with Crippen molar-refractivity contribution in [2.75, 3.05) is 26.7 Å². The molecule has 0 radical (unpaired) electrons. The van der Waals surface area contributed by atoms with Crippen LogP contribution in [-0.2, 0) is 20.8 Å². The number of fused-ring (bicyclic) bond motifs is 1. The molecule has 1 atom stereocenters. The number of carbonyl (C=O) groups is 3. The van der Waals surface area contributed by atoms with E-state index in [-0.39, 0.29) is 24.3 Å². The van der Waals surface area contributed by atoms with Crippen molar-refractivity contribution < 1.29 is 14.4 Å². The molecule has 2 heterocycles. The van der Waals surface area contributed by atoms with Gasteiger partial charge in [0.2, 0.25) is 17.7 Å². The topological polar surface area (TPSA) is 98.4 Å². The van der Waals surface area contributed by atoms with Crippen molar-refractivity contribution in [3.8, 4) is 0 Å². The molecular weight excluding hydrogens is 334 g/mol.